The summed E-state index contributed by atoms with van der Waals surface area (Å²) in [4.78, 5) is 10.2. The molecule has 0 heterocycles. The Morgan fingerprint density at radius 2 is 2.17 bits per heavy atom. The molecule has 18 heavy (non-hydrogen) atoms. The number of nitro groups is 1. The number of nitrogens with zero attached hydrogens (tertiary/aromatic N) is 1. The van der Waals surface area contributed by atoms with Crippen molar-refractivity contribution >= 4 is 5.69 Å². The summed E-state index contributed by atoms with van der Waals surface area (Å²) in [7, 11) is 1.34. The van der Waals surface area contributed by atoms with Gasteiger partial charge < -0.3 is 15.6 Å². The average molecular weight is 254 g/mol. The summed E-state index contributed by atoms with van der Waals surface area (Å²) in [6, 6.07) is 2.51. The van der Waals surface area contributed by atoms with Crippen LogP contribution in [0.4, 0.5) is 5.69 Å². The second-order valence-corrected chi connectivity index (χ2v) is 4.26. The number of ether oxygens (including phenoxy) is 1. The van der Waals surface area contributed by atoms with Gasteiger partial charge in [-0.05, 0) is 17.5 Å². The lowest BCUT2D eigenvalue weighted by Crippen LogP contribution is -2.18. The maximum atomic E-state index is 10.9. The van der Waals surface area contributed by atoms with Crippen molar-refractivity contribution in [2.24, 2.45) is 11.7 Å². The Balaban J connectivity index is 3.29. The Morgan fingerprint density at radius 3 is 2.61 bits per heavy atom. The summed E-state index contributed by atoms with van der Waals surface area (Å²) in [5, 5.41) is 20.5. The molecule has 1 aromatic carbocycles. The number of phenolic OH excluding ortho intramolecular Hbond substituents is 1. The van der Waals surface area contributed by atoms with Crippen LogP contribution in [0.15, 0.2) is 12.1 Å². The highest BCUT2D eigenvalue weighted by molar-refractivity contribution is 5.57. The maximum Gasteiger partial charge on any atom is 0.314 e. The number of benzene rings is 1. The van der Waals surface area contributed by atoms with Crippen LogP contribution in [0.5, 0.6) is 11.5 Å². The lowest BCUT2D eigenvalue weighted by Gasteiger charge is -2.19. The fourth-order valence-corrected chi connectivity index (χ4v) is 1.68. The Labute approximate surface area is 106 Å². The van der Waals surface area contributed by atoms with Crippen molar-refractivity contribution in [2.75, 3.05) is 7.11 Å². The van der Waals surface area contributed by atoms with Crippen LogP contribution in [0.1, 0.15) is 31.9 Å². The zero-order chi connectivity index (χ0) is 13.9. The molecule has 0 aromatic heterocycles. The molecule has 100 valence electrons. The van der Waals surface area contributed by atoms with Crippen LogP contribution >= 0.6 is 0 Å². The van der Waals surface area contributed by atoms with Crippen molar-refractivity contribution in [1.29, 1.82) is 0 Å². The van der Waals surface area contributed by atoms with Gasteiger partial charge in [0, 0.05) is 12.1 Å². The van der Waals surface area contributed by atoms with Gasteiger partial charge in [-0.1, -0.05) is 20.3 Å². The smallest absolute Gasteiger partial charge is 0.314 e. The summed E-state index contributed by atoms with van der Waals surface area (Å²) >= 11 is 0. The first-order chi connectivity index (χ1) is 8.42. The summed E-state index contributed by atoms with van der Waals surface area (Å²) in [5.74, 6) is -0.223. The van der Waals surface area contributed by atoms with E-state index in [1.807, 2.05) is 13.8 Å². The zero-order valence-electron chi connectivity index (χ0n) is 10.7. The van der Waals surface area contributed by atoms with Gasteiger partial charge in [-0.3, -0.25) is 10.1 Å². The van der Waals surface area contributed by atoms with E-state index in [1.54, 1.807) is 6.07 Å². The van der Waals surface area contributed by atoms with Crippen molar-refractivity contribution in [1.82, 2.24) is 0 Å². The highest BCUT2D eigenvalue weighted by Crippen LogP contribution is 2.39. The molecule has 0 aliphatic rings. The largest absolute Gasteiger partial charge is 0.500 e. The van der Waals surface area contributed by atoms with Gasteiger partial charge in [-0.2, -0.15) is 0 Å². The quantitative estimate of drug-likeness (QED) is 0.620. The minimum Gasteiger partial charge on any atom is -0.500 e. The maximum absolute atomic E-state index is 10.9. The van der Waals surface area contributed by atoms with Gasteiger partial charge in [-0.15, -0.1) is 0 Å². The molecule has 6 nitrogen and oxygen atoms in total. The predicted molar refractivity (Wildman–Crippen MR) is 67.7 cm³/mol. The Morgan fingerprint density at radius 1 is 1.56 bits per heavy atom. The highest BCUT2D eigenvalue weighted by atomic mass is 16.6. The molecule has 0 saturated heterocycles. The molecule has 1 rings (SSSR count). The average Bonchev–Trinajstić information content (AvgIpc) is 2.36. The highest BCUT2D eigenvalue weighted by Gasteiger charge is 2.23. The summed E-state index contributed by atoms with van der Waals surface area (Å²) in [6.07, 6.45) is 0.859. The molecule has 0 bridgehead atoms. The van der Waals surface area contributed by atoms with E-state index in [9.17, 15) is 15.2 Å². The van der Waals surface area contributed by atoms with Crippen LogP contribution in [0.3, 0.4) is 0 Å². The van der Waals surface area contributed by atoms with Gasteiger partial charge in [0.2, 0.25) is 5.75 Å². The van der Waals surface area contributed by atoms with E-state index < -0.39 is 10.7 Å². The normalized spacial score (nSPS) is 14.0. The molecule has 3 N–H and O–H groups in total. The SMILES string of the molecule is CCC(C)[C@@H](N)c1cc(OC)c(O)c([N+](=O)[O-])c1. The zero-order valence-corrected chi connectivity index (χ0v) is 10.7. The molecule has 0 aliphatic carbocycles. The van der Waals surface area contributed by atoms with E-state index in [0.717, 1.165) is 6.42 Å². The lowest BCUT2D eigenvalue weighted by atomic mass is 9.93. The number of nitro benzene ring substituents is 1. The molecule has 0 aliphatic heterocycles. The second-order valence-electron chi connectivity index (χ2n) is 4.26. The van der Waals surface area contributed by atoms with Crippen LogP contribution in [0.25, 0.3) is 0 Å². The van der Waals surface area contributed by atoms with E-state index in [4.69, 9.17) is 10.5 Å². The van der Waals surface area contributed by atoms with Crippen molar-refractivity contribution < 1.29 is 14.8 Å². The van der Waals surface area contributed by atoms with E-state index in [2.05, 4.69) is 0 Å². The van der Waals surface area contributed by atoms with E-state index in [1.165, 1.54) is 13.2 Å². The molecule has 0 fully saturated rings. The minimum absolute atomic E-state index is 0.0675. The van der Waals surface area contributed by atoms with Crippen molar-refractivity contribution in [2.45, 2.75) is 26.3 Å². The van der Waals surface area contributed by atoms with Crippen LogP contribution in [-0.2, 0) is 0 Å². The van der Waals surface area contributed by atoms with E-state index >= 15 is 0 Å². The third-order valence-corrected chi connectivity index (χ3v) is 3.14. The molecule has 1 aromatic rings. The minimum atomic E-state index is -0.648. The predicted octanol–water partition coefficient (Wildman–Crippen LogP) is 2.35. The van der Waals surface area contributed by atoms with Crippen LogP contribution in [-0.4, -0.2) is 17.1 Å². The number of hydrogen-bond acceptors (Lipinski definition) is 5. The number of methoxy groups -OCH3 is 1. The standard InChI is InChI=1S/C12H18N2O4/c1-4-7(2)11(13)8-5-9(14(16)17)12(15)10(6-8)18-3/h5-7,11,15H,4,13H2,1-3H3/t7?,11-/m1/s1. The first-order valence-electron chi connectivity index (χ1n) is 5.73. The fraction of sp³-hybridized carbons (Fsp3) is 0.500. The van der Waals surface area contributed by atoms with Gasteiger partial charge in [0.25, 0.3) is 0 Å². The van der Waals surface area contributed by atoms with Gasteiger partial charge in [-0.25, -0.2) is 0 Å². The fourth-order valence-electron chi connectivity index (χ4n) is 1.68. The van der Waals surface area contributed by atoms with E-state index in [-0.39, 0.29) is 23.4 Å². The second kappa shape index (κ2) is 5.68. The Bertz CT molecular complexity index is 448. The first-order valence-corrected chi connectivity index (χ1v) is 5.73. The molecular weight excluding hydrogens is 236 g/mol. The van der Waals surface area contributed by atoms with Gasteiger partial charge in [0.05, 0.1) is 12.0 Å². The topological polar surface area (TPSA) is 98.6 Å². The molecule has 0 saturated carbocycles. The molecule has 0 amide bonds. The van der Waals surface area contributed by atoms with Crippen LogP contribution < -0.4 is 10.5 Å². The monoisotopic (exact) mass is 254 g/mol. The van der Waals surface area contributed by atoms with Crippen molar-refractivity contribution in [3.63, 3.8) is 0 Å². The summed E-state index contributed by atoms with van der Waals surface area (Å²) in [6.45, 7) is 3.96. The van der Waals surface area contributed by atoms with Crippen molar-refractivity contribution in [3.8, 4) is 11.5 Å². The molecule has 0 radical (unpaired) electrons. The number of nitrogens with two attached hydrogens (primary N) is 1. The Hall–Kier alpha value is -1.82. The third-order valence-electron chi connectivity index (χ3n) is 3.14. The van der Waals surface area contributed by atoms with E-state index in [0.29, 0.717) is 5.56 Å². The molecule has 0 spiro atoms. The van der Waals surface area contributed by atoms with Gasteiger partial charge >= 0.3 is 5.69 Å². The summed E-state index contributed by atoms with van der Waals surface area (Å²) < 4.78 is 4.93. The molecule has 6 heteroatoms. The van der Waals surface area contributed by atoms with Crippen LogP contribution in [0.2, 0.25) is 0 Å². The number of aromatic hydroxyl groups is 1. The Kier molecular flexibility index (Phi) is 4.49. The van der Waals surface area contributed by atoms with Crippen LogP contribution in [0, 0.1) is 16.0 Å². The first kappa shape index (κ1) is 14.2. The van der Waals surface area contributed by atoms with Crippen molar-refractivity contribution in [3.05, 3.63) is 27.8 Å². The third kappa shape index (κ3) is 2.70. The summed E-state index contributed by atoms with van der Waals surface area (Å²) in [5.41, 5.74) is 6.23. The molecule has 2 atom stereocenters. The number of hydrogen-bond donors (Lipinski definition) is 2. The molecular formula is C12H18N2O4. The number of phenols is 1. The lowest BCUT2D eigenvalue weighted by molar-refractivity contribution is -0.386. The number of rotatable bonds is 5. The van der Waals surface area contributed by atoms with Gasteiger partial charge in [0.15, 0.2) is 5.75 Å². The van der Waals surface area contributed by atoms with Gasteiger partial charge in [0.1, 0.15) is 0 Å². The molecule has 1 unspecified atom stereocenters.